The van der Waals surface area contributed by atoms with E-state index in [0.717, 1.165) is 26.9 Å². The van der Waals surface area contributed by atoms with E-state index in [1.807, 2.05) is 43.3 Å². The molecule has 0 unspecified atom stereocenters. The Morgan fingerprint density at radius 3 is 2.67 bits per heavy atom. The molecule has 0 fully saturated rings. The van der Waals surface area contributed by atoms with E-state index in [0.29, 0.717) is 18.1 Å². The van der Waals surface area contributed by atoms with Crippen LogP contribution < -0.4 is 10.1 Å². The number of aromatic nitrogens is 1. The number of carbonyl (C=O) groups is 1. The fourth-order valence-corrected chi connectivity index (χ4v) is 3.22. The molecule has 2 aromatic heterocycles. The number of rotatable bonds is 5. The zero-order valence-electron chi connectivity index (χ0n) is 13.8. The zero-order valence-corrected chi connectivity index (χ0v) is 14.6. The number of ether oxygens (including phenoxy) is 1. The van der Waals surface area contributed by atoms with Gasteiger partial charge in [0, 0.05) is 17.4 Å². The van der Waals surface area contributed by atoms with Gasteiger partial charge in [-0.15, -0.1) is 11.3 Å². The van der Waals surface area contributed by atoms with Crippen molar-refractivity contribution in [1.82, 2.24) is 10.3 Å². The summed E-state index contributed by atoms with van der Waals surface area (Å²) in [5, 5.41) is 3.66. The number of carbonyl (C=O) groups excluding carboxylic acids is 1. The monoisotopic (exact) mass is 342 g/mol. The molecular weight excluding hydrogens is 324 g/mol. The average molecular weight is 342 g/mol. The largest absolute Gasteiger partial charge is 0.497 e. The minimum absolute atomic E-state index is 0.0837. The third-order valence-corrected chi connectivity index (χ3v) is 4.56. The number of nitrogens with one attached hydrogen (secondary N) is 1. The molecule has 1 amide bonds. The molecule has 5 nitrogen and oxygen atoms in total. The van der Waals surface area contributed by atoms with Crippen LogP contribution in [0.1, 0.15) is 17.6 Å². The van der Waals surface area contributed by atoms with Gasteiger partial charge >= 0.3 is 0 Å². The summed E-state index contributed by atoms with van der Waals surface area (Å²) in [7, 11) is 1.65. The second-order valence-corrected chi connectivity index (χ2v) is 6.53. The molecule has 0 spiro atoms. The van der Waals surface area contributed by atoms with Gasteiger partial charge < -0.3 is 14.5 Å². The molecule has 124 valence electrons. The van der Waals surface area contributed by atoms with Crippen molar-refractivity contribution >= 4 is 17.2 Å². The maximum absolute atomic E-state index is 11.0. The quantitative estimate of drug-likeness (QED) is 0.760. The molecule has 0 saturated heterocycles. The number of thiazole rings is 1. The molecule has 2 heterocycles. The van der Waals surface area contributed by atoms with Crippen molar-refractivity contribution < 1.29 is 13.9 Å². The van der Waals surface area contributed by atoms with Crippen molar-refractivity contribution in [3.8, 4) is 27.8 Å². The van der Waals surface area contributed by atoms with E-state index in [4.69, 9.17) is 14.1 Å². The molecule has 1 aromatic carbocycles. The second-order valence-electron chi connectivity index (χ2n) is 5.33. The van der Waals surface area contributed by atoms with E-state index >= 15 is 0 Å². The normalized spacial score (nSPS) is 10.6. The summed E-state index contributed by atoms with van der Waals surface area (Å²) in [5.41, 5.74) is 1.88. The van der Waals surface area contributed by atoms with E-state index in [1.165, 1.54) is 6.92 Å². The van der Waals surface area contributed by atoms with Gasteiger partial charge in [-0.1, -0.05) is 0 Å². The highest BCUT2D eigenvalue weighted by molar-refractivity contribution is 7.15. The third kappa shape index (κ3) is 3.49. The van der Waals surface area contributed by atoms with Gasteiger partial charge in [-0.25, -0.2) is 4.98 Å². The van der Waals surface area contributed by atoms with E-state index in [1.54, 1.807) is 18.4 Å². The zero-order chi connectivity index (χ0) is 17.1. The smallest absolute Gasteiger partial charge is 0.217 e. The van der Waals surface area contributed by atoms with E-state index in [-0.39, 0.29) is 5.91 Å². The van der Waals surface area contributed by atoms with E-state index < -0.39 is 0 Å². The molecular formula is C18H18N2O3S. The number of aryl methyl sites for hydroxylation is 1. The Morgan fingerprint density at radius 2 is 2.00 bits per heavy atom. The highest BCUT2D eigenvalue weighted by atomic mass is 32.1. The van der Waals surface area contributed by atoms with Crippen LogP contribution in [0.3, 0.4) is 0 Å². The Morgan fingerprint density at radius 1 is 1.25 bits per heavy atom. The number of hydrogen-bond donors (Lipinski definition) is 1. The van der Waals surface area contributed by atoms with Crippen LogP contribution in [-0.2, 0) is 11.3 Å². The van der Waals surface area contributed by atoms with Crippen LogP contribution in [0.4, 0.5) is 0 Å². The molecule has 0 aliphatic rings. The standard InChI is InChI=1S/C18H18N2O3S/c1-11-17(16-9-8-15(23-16)10-19-12(2)21)20-18(24-11)13-4-6-14(22-3)7-5-13/h4-9H,10H2,1-3H3,(H,19,21). The maximum Gasteiger partial charge on any atom is 0.217 e. The van der Waals surface area contributed by atoms with Crippen molar-refractivity contribution in [3.63, 3.8) is 0 Å². The number of amides is 1. The number of hydrogen-bond acceptors (Lipinski definition) is 5. The number of methoxy groups -OCH3 is 1. The first kappa shape index (κ1) is 16.3. The lowest BCUT2D eigenvalue weighted by atomic mass is 10.2. The fourth-order valence-electron chi connectivity index (χ4n) is 2.29. The van der Waals surface area contributed by atoms with Crippen LogP contribution in [0.15, 0.2) is 40.8 Å². The molecule has 0 aliphatic carbocycles. The van der Waals surface area contributed by atoms with Gasteiger partial charge in [0.2, 0.25) is 5.91 Å². The Bertz CT molecular complexity index is 850. The molecule has 0 radical (unpaired) electrons. The highest BCUT2D eigenvalue weighted by Crippen LogP contribution is 2.34. The van der Waals surface area contributed by atoms with Crippen LogP contribution in [0.2, 0.25) is 0 Å². The van der Waals surface area contributed by atoms with Crippen molar-refractivity contribution in [2.75, 3.05) is 7.11 Å². The summed E-state index contributed by atoms with van der Waals surface area (Å²) in [6.07, 6.45) is 0. The summed E-state index contributed by atoms with van der Waals surface area (Å²) in [6.45, 7) is 3.88. The van der Waals surface area contributed by atoms with Crippen LogP contribution in [0.5, 0.6) is 5.75 Å². The van der Waals surface area contributed by atoms with Crippen molar-refractivity contribution in [3.05, 3.63) is 47.0 Å². The number of nitrogens with zero attached hydrogens (tertiary/aromatic N) is 1. The molecule has 0 atom stereocenters. The first-order valence-electron chi connectivity index (χ1n) is 7.52. The topological polar surface area (TPSA) is 64.4 Å². The predicted octanol–water partition coefficient (Wildman–Crippen LogP) is 4.02. The van der Waals surface area contributed by atoms with Crippen molar-refractivity contribution in [1.29, 1.82) is 0 Å². The predicted molar refractivity (Wildman–Crippen MR) is 94.1 cm³/mol. The Labute approximate surface area is 144 Å². The Hall–Kier alpha value is -2.60. The summed E-state index contributed by atoms with van der Waals surface area (Å²) >= 11 is 1.62. The molecule has 24 heavy (non-hydrogen) atoms. The fraction of sp³-hybridized carbons (Fsp3) is 0.222. The molecule has 3 aromatic rings. The van der Waals surface area contributed by atoms with Crippen LogP contribution in [0, 0.1) is 6.92 Å². The lowest BCUT2D eigenvalue weighted by Gasteiger charge is -2.00. The lowest BCUT2D eigenvalue weighted by Crippen LogP contribution is -2.18. The van der Waals surface area contributed by atoms with E-state index in [9.17, 15) is 4.79 Å². The highest BCUT2D eigenvalue weighted by Gasteiger charge is 2.15. The first-order chi connectivity index (χ1) is 11.6. The number of furan rings is 1. The van der Waals surface area contributed by atoms with Crippen LogP contribution in [-0.4, -0.2) is 18.0 Å². The van der Waals surface area contributed by atoms with Gasteiger partial charge in [-0.3, -0.25) is 4.79 Å². The van der Waals surface area contributed by atoms with Crippen LogP contribution >= 0.6 is 11.3 Å². The van der Waals surface area contributed by atoms with E-state index in [2.05, 4.69) is 5.32 Å². The lowest BCUT2D eigenvalue weighted by molar-refractivity contribution is -0.119. The number of benzene rings is 1. The Balaban J connectivity index is 1.84. The van der Waals surface area contributed by atoms with Gasteiger partial charge in [0.25, 0.3) is 0 Å². The van der Waals surface area contributed by atoms with Gasteiger partial charge in [0.1, 0.15) is 22.2 Å². The summed E-state index contributed by atoms with van der Waals surface area (Å²) in [6, 6.07) is 11.6. The maximum atomic E-state index is 11.0. The van der Waals surface area contributed by atoms with Gasteiger partial charge in [-0.2, -0.15) is 0 Å². The van der Waals surface area contributed by atoms with Gasteiger partial charge in [0.05, 0.1) is 13.7 Å². The summed E-state index contributed by atoms with van der Waals surface area (Å²) < 4.78 is 11.0. The molecule has 0 aliphatic heterocycles. The first-order valence-corrected chi connectivity index (χ1v) is 8.34. The van der Waals surface area contributed by atoms with Gasteiger partial charge in [-0.05, 0) is 43.3 Å². The third-order valence-electron chi connectivity index (χ3n) is 3.54. The molecule has 3 rings (SSSR count). The molecule has 6 heteroatoms. The molecule has 1 N–H and O–H groups in total. The minimum Gasteiger partial charge on any atom is -0.497 e. The van der Waals surface area contributed by atoms with Crippen LogP contribution in [0.25, 0.3) is 22.0 Å². The van der Waals surface area contributed by atoms with Crippen molar-refractivity contribution in [2.24, 2.45) is 0 Å². The van der Waals surface area contributed by atoms with Gasteiger partial charge in [0.15, 0.2) is 5.76 Å². The summed E-state index contributed by atoms with van der Waals surface area (Å²) in [4.78, 5) is 16.8. The minimum atomic E-state index is -0.0837. The average Bonchev–Trinajstić information content (AvgIpc) is 3.19. The molecule has 0 saturated carbocycles. The Kier molecular flexibility index (Phi) is 4.66. The SMILES string of the molecule is COc1ccc(-c2nc(-c3ccc(CNC(C)=O)o3)c(C)s2)cc1. The van der Waals surface area contributed by atoms with Crippen molar-refractivity contribution in [2.45, 2.75) is 20.4 Å². The second kappa shape index (κ2) is 6.88. The summed E-state index contributed by atoms with van der Waals surface area (Å²) in [5.74, 6) is 2.16. The molecule has 0 bridgehead atoms.